The summed E-state index contributed by atoms with van der Waals surface area (Å²) in [5.74, 6) is 0.821. The maximum Gasteiger partial charge on any atom is 0.191 e. The van der Waals surface area contributed by atoms with Crippen molar-refractivity contribution in [3.05, 3.63) is 70.8 Å². The van der Waals surface area contributed by atoms with E-state index in [1.165, 1.54) is 22.3 Å². The Morgan fingerprint density at radius 2 is 1.24 bits per heavy atom. The normalized spacial score (nSPS) is 10.0. The predicted octanol–water partition coefficient (Wildman–Crippen LogP) is 3.17. The molecule has 2 rings (SSSR count). The summed E-state index contributed by atoms with van der Waals surface area (Å²) in [6.45, 7) is 5.81. The van der Waals surface area contributed by atoms with Crippen molar-refractivity contribution >= 4 is 5.96 Å². The Morgan fingerprint density at radius 1 is 0.810 bits per heavy atom. The number of benzene rings is 2. The molecule has 0 radical (unpaired) electrons. The van der Waals surface area contributed by atoms with E-state index >= 15 is 0 Å². The summed E-state index contributed by atoms with van der Waals surface area (Å²) in [4.78, 5) is 4.27. The summed E-state index contributed by atoms with van der Waals surface area (Å²) in [6.07, 6.45) is 0. The third-order valence-corrected chi connectivity index (χ3v) is 3.64. The number of guanidine groups is 1. The van der Waals surface area contributed by atoms with Crippen molar-refractivity contribution in [3.63, 3.8) is 0 Å². The van der Waals surface area contributed by atoms with Gasteiger partial charge in [-0.25, -0.2) is 0 Å². The highest BCUT2D eigenvalue weighted by molar-refractivity contribution is 5.79. The van der Waals surface area contributed by atoms with E-state index in [9.17, 15) is 0 Å². The molecule has 21 heavy (non-hydrogen) atoms. The minimum Gasteiger partial charge on any atom is -0.352 e. The quantitative estimate of drug-likeness (QED) is 0.667. The average molecular weight is 281 g/mol. The van der Waals surface area contributed by atoms with Gasteiger partial charge in [-0.05, 0) is 36.1 Å². The number of rotatable bonds is 4. The Bertz CT molecular complexity index is 566. The lowest BCUT2D eigenvalue weighted by atomic mass is 10.1. The van der Waals surface area contributed by atoms with Crippen LogP contribution in [0.25, 0.3) is 0 Å². The van der Waals surface area contributed by atoms with Crippen molar-refractivity contribution < 1.29 is 0 Å². The lowest BCUT2D eigenvalue weighted by Crippen LogP contribution is -2.36. The van der Waals surface area contributed by atoms with Gasteiger partial charge < -0.3 is 10.6 Å². The van der Waals surface area contributed by atoms with Gasteiger partial charge in [-0.3, -0.25) is 4.99 Å². The van der Waals surface area contributed by atoms with Crippen LogP contribution in [0.5, 0.6) is 0 Å². The number of hydrogen-bond donors (Lipinski definition) is 2. The van der Waals surface area contributed by atoms with Gasteiger partial charge >= 0.3 is 0 Å². The van der Waals surface area contributed by atoms with E-state index in [2.05, 4.69) is 78.0 Å². The summed E-state index contributed by atoms with van der Waals surface area (Å²) in [5.41, 5.74) is 5.16. The van der Waals surface area contributed by atoms with E-state index < -0.39 is 0 Å². The standard InChI is InChI=1S/C18H23N3/c1-14-8-4-6-10-16(14)12-20-18(19-3)21-13-17-11-7-5-9-15(17)2/h4-11H,12-13H2,1-3H3,(H2,19,20,21). The molecule has 0 spiro atoms. The summed E-state index contributed by atoms with van der Waals surface area (Å²) in [7, 11) is 1.80. The van der Waals surface area contributed by atoms with Crippen LogP contribution in [-0.2, 0) is 13.1 Å². The molecule has 0 amide bonds. The zero-order valence-corrected chi connectivity index (χ0v) is 13.0. The molecule has 0 unspecified atom stereocenters. The van der Waals surface area contributed by atoms with Crippen LogP contribution in [0.2, 0.25) is 0 Å². The van der Waals surface area contributed by atoms with Crippen LogP contribution in [0.3, 0.4) is 0 Å². The number of nitrogens with one attached hydrogen (secondary N) is 2. The van der Waals surface area contributed by atoms with E-state index in [1.807, 2.05) is 0 Å². The van der Waals surface area contributed by atoms with Crippen molar-refractivity contribution in [1.29, 1.82) is 0 Å². The minimum atomic E-state index is 0.778. The maximum absolute atomic E-state index is 4.27. The van der Waals surface area contributed by atoms with Crippen LogP contribution in [0.15, 0.2) is 53.5 Å². The third kappa shape index (κ3) is 4.35. The van der Waals surface area contributed by atoms with Crippen LogP contribution < -0.4 is 10.6 Å². The number of hydrogen-bond acceptors (Lipinski definition) is 1. The third-order valence-electron chi connectivity index (χ3n) is 3.64. The van der Waals surface area contributed by atoms with Crippen LogP contribution >= 0.6 is 0 Å². The average Bonchev–Trinajstić information content (AvgIpc) is 2.50. The van der Waals surface area contributed by atoms with Gasteiger partial charge in [0.25, 0.3) is 0 Å². The largest absolute Gasteiger partial charge is 0.352 e. The van der Waals surface area contributed by atoms with Crippen molar-refractivity contribution in [2.24, 2.45) is 4.99 Å². The van der Waals surface area contributed by atoms with Crippen molar-refractivity contribution in [3.8, 4) is 0 Å². The molecule has 0 saturated heterocycles. The molecule has 0 aliphatic rings. The summed E-state index contributed by atoms with van der Waals surface area (Å²) in [6, 6.07) is 16.8. The first kappa shape index (κ1) is 15.1. The number of nitrogens with zero attached hydrogens (tertiary/aromatic N) is 1. The predicted molar refractivity (Wildman–Crippen MR) is 89.4 cm³/mol. The van der Waals surface area contributed by atoms with E-state index in [0.29, 0.717) is 0 Å². The lowest BCUT2D eigenvalue weighted by molar-refractivity contribution is 0.803. The van der Waals surface area contributed by atoms with Crippen LogP contribution in [0.4, 0.5) is 0 Å². The summed E-state index contributed by atoms with van der Waals surface area (Å²) < 4.78 is 0. The zero-order valence-electron chi connectivity index (χ0n) is 13.0. The van der Waals surface area contributed by atoms with E-state index in [1.54, 1.807) is 7.05 Å². The van der Waals surface area contributed by atoms with E-state index in [0.717, 1.165) is 19.0 Å². The van der Waals surface area contributed by atoms with Crippen LogP contribution in [0, 0.1) is 13.8 Å². The van der Waals surface area contributed by atoms with Gasteiger partial charge in [-0.15, -0.1) is 0 Å². The second-order valence-corrected chi connectivity index (χ2v) is 5.13. The minimum absolute atomic E-state index is 0.778. The molecule has 0 heterocycles. The molecular formula is C18H23N3. The van der Waals surface area contributed by atoms with Gasteiger partial charge in [-0.2, -0.15) is 0 Å². The van der Waals surface area contributed by atoms with E-state index in [-0.39, 0.29) is 0 Å². The first-order valence-corrected chi connectivity index (χ1v) is 7.24. The molecule has 0 aliphatic carbocycles. The number of aryl methyl sites for hydroxylation is 2. The molecule has 0 saturated carbocycles. The number of aliphatic imine (C=N–C) groups is 1. The second-order valence-electron chi connectivity index (χ2n) is 5.13. The van der Waals surface area contributed by atoms with Crippen molar-refractivity contribution in [2.45, 2.75) is 26.9 Å². The Labute approximate surface area is 127 Å². The Balaban J connectivity index is 1.90. The molecule has 0 aromatic heterocycles. The molecule has 2 N–H and O–H groups in total. The zero-order chi connectivity index (χ0) is 15.1. The van der Waals surface area contributed by atoms with Crippen molar-refractivity contribution in [1.82, 2.24) is 10.6 Å². The highest BCUT2D eigenvalue weighted by Gasteiger charge is 2.02. The SMILES string of the molecule is CN=C(NCc1ccccc1C)NCc1ccccc1C. The van der Waals surface area contributed by atoms with Gasteiger partial charge in [0.2, 0.25) is 0 Å². The second kappa shape index (κ2) is 7.48. The monoisotopic (exact) mass is 281 g/mol. The fraction of sp³-hybridized carbons (Fsp3) is 0.278. The highest BCUT2D eigenvalue weighted by atomic mass is 15.2. The van der Waals surface area contributed by atoms with Gasteiger partial charge in [0.1, 0.15) is 0 Å². The van der Waals surface area contributed by atoms with Crippen LogP contribution in [0.1, 0.15) is 22.3 Å². The molecule has 0 atom stereocenters. The van der Waals surface area contributed by atoms with Crippen molar-refractivity contribution in [2.75, 3.05) is 7.05 Å². The van der Waals surface area contributed by atoms with Gasteiger partial charge in [0.05, 0.1) is 0 Å². The molecular weight excluding hydrogens is 258 g/mol. The highest BCUT2D eigenvalue weighted by Crippen LogP contribution is 2.07. The first-order valence-electron chi connectivity index (χ1n) is 7.24. The molecule has 3 nitrogen and oxygen atoms in total. The molecule has 3 heteroatoms. The molecule has 0 bridgehead atoms. The first-order chi connectivity index (χ1) is 10.2. The topological polar surface area (TPSA) is 36.4 Å². The van der Waals surface area contributed by atoms with Gasteiger partial charge in [0, 0.05) is 20.1 Å². The summed E-state index contributed by atoms with van der Waals surface area (Å²) in [5, 5.41) is 6.71. The lowest BCUT2D eigenvalue weighted by Gasteiger charge is -2.14. The van der Waals surface area contributed by atoms with Crippen LogP contribution in [-0.4, -0.2) is 13.0 Å². The van der Waals surface area contributed by atoms with Gasteiger partial charge in [0.15, 0.2) is 5.96 Å². The summed E-state index contributed by atoms with van der Waals surface area (Å²) >= 11 is 0. The van der Waals surface area contributed by atoms with E-state index in [4.69, 9.17) is 0 Å². The Kier molecular flexibility index (Phi) is 5.38. The molecule has 0 aliphatic heterocycles. The smallest absolute Gasteiger partial charge is 0.191 e. The fourth-order valence-electron chi connectivity index (χ4n) is 2.20. The maximum atomic E-state index is 4.27. The Hall–Kier alpha value is -2.29. The Morgan fingerprint density at radius 3 is 1.62 bits per heavy atom. The molecule has 0 fully saturated rings. The van der Waals surface area contributed by atoms with Gasteiger partial charge in [-0.1, -0.05) is 48.5 Å². The molecule has 2 aromatic carbocycles. The fourth-order valence-corrected chi connectivity index (χ4v) is 2.20. The molecule has 2 aromatic rings. The molecule has 110 valence electrons.